The molecule has 0 saturated heterocycles. The highest BCUT2D eigenvalue weighted by atomic mass is 16.3. The lowest BCUT2D eigenvalue weighted by Crippen LogP contribution is -2.42. The number of β-amino-alcohol motifs (C(OH)–C–C–N with tert-alkyl or cyclic N) is 1. The van der Waals surface area contributed by atoms with E-state index in [1.165, 1.54) is 0 Å². The van der Waals surface area contributed by atoms with Gasteiger partial charge < -0.3 is 15.3 Å². The zero-order chi connectivity index (χ0) is 14.5. The molecule has 2 N–H and O–H groups in total. The van der Waals surface area contributed by atoms with Crippen LogP contribution >= 0.6 is 0 Å². The summed E-state index contributed by atoms with van der Waals surface area (Å²) >= 11 is 0. The monoisotopic (exact) mass is 276 g/mol. The summed E-state index contributed by atoms with van der Waals surface area (Å²) in [7, 11) is 0. The van der Waals surface area contributed by atoms with Gasteiger partial charge in [-0.15, -0.1) is 0 Å². The van der Waals surface area contributed by atoms with Crippen LogP contribution in [0.2, 0.25) is 0 Å². The number of aryl methyl sites for hydroxylation is 1. The second-order valence-corrected chi connectivity index (χ2v) is 5.73. The number of aliphatic hydroxyl groups excluding tert-OH is 1. The van der Waals surface area contributed by atoms with E-state index in [0.29, 0.717) is 25.7 Å². The van der Waals surface area contributed by atoms with E-state index in [9.17, 15) is 9.90 Å². The molecule has 0 spiro atoms. The zero-order valence-electron chi connectivity index (χ0n) is 12.3. The van der Waals surface area contributed by atoms with Gasteiger partial charge in [-0.05, 0) is 24.5 Å². The van der Waals surface area contributed by atoms with Crippen molar-refractivity contribution >= 4 is 5.91 Å². The maximum Gasteiger partial charge on any atom is 0.254 e. The van der Waals surface area contributed by atoms with E-state index in [2.05, 4.69) is 5.32 Å². The largest absolute Gasteiger partial charge is 0.390 e. The molecule has 1 aromatic rings. The topological polar surface area (TPSA) is 52.6 Å². The Bertz CT molecular complexity index is 460. The molecular formula is C16H24N2O2. The van der Waals surface area contributed by atoms with Crippen LogP contribution in [0.3, 0.4) is 0 Å². The fourth-order valence-electron chi connectivity index (χ4n) is 2.54. The third kappa shape index (κ3) is 3.81. The van der Waals surface area contributed by atoms with E-state index in [0.717, 1.165) is 24.0 Å². The fraction of sp³-hybridized carbons (Fsp3) is 0.562. The number of benzene rings is 1. The first-order chi connectivity index (χ1) is 9.58. The smallest absolute Gasteiger partial charge is 0.254 e. The Balaban J connectivity index is 2.01. The molecule has 1 unspecified atom stereocenters. The number of fused-ring (bicyclic) bond motifs is 1. The number of carbonyl (C=O) groups is 1. The molecule has 1 amide bonds. The molecule has 0 aromatic heterocycles. The van der Waals surface area contributed by atoms with Crippen molar-refractivity contribution in [2.24, 2.45) is 0 Å². The van der Waals surface area contributed by atoms with Crippen molar-refractivity contribution in [2.75, 3.05) is 19.6 Å². The van der Waals surface area contributed by atoms with Gasteiger partial charge in [0.05, 0.1) is 6.10 Å². The molecule has 0 saturated carbocycles. The molecule has 4 nitrogen and oxygen atoms in total. The van der Waals surface area contributed by atoms with Gasteiger partial charge in [-0.2, -0.15) is 0 Å². The lowest BCUT2D eigenvalue weighted by Gasteiger charge is -2.24. The Kier molecular flexibility index (Phi) is 5.15. The molecule has 2 rings (SSSR count). The number of carbonyl (C=O) groups excluding carboxylic acids is 1. The summed E-state index contributed by atoms with van der Waals surface area (Å²) in [5.41, 5.74) is 1.91. The maximum atomic E-state index is 12.5. The summed E-state index contributed by atoms with van der Waals surface area (Å²) in [6.07, 6.45) is 1.36. The summed E-state index contributed by atoms with van der Waals surface area (Å²) in [5, 5.41) is 13.2. The zero-order valence-corrected chi connectivity index (χ0v) is 12.3. The Labute approximate surface area is 120 Å². The van der Waals surface area contributed by atoms with Crippen molar-refractivity contribution in [1.82, 2.24) is 10.2 Å². The Morgan fingerprint density at radius 1 is 1.35 bits per heavy atom. The highest BCUT2D eigenvalue weighted by Crippen LogP contribution is 2.18. The highest BCUT2D eigenvalue weighted by Gasteiger charge is 2.23. The van der Waals surface area contributed by atoms with Crippen molar-refractivity contribution in [1.29, 1.82) is 0 Å². The SMILES string of the molecule is CC(C)NCC(O)CN1CCCc2ccccc2C1=O. The van der Waals surface area contributed by atoms with Crippen molar-refractivity contribution in [3.8, 4) is 0 Å². The summed E-state index contributed by atoms with van der Waals surface area (Å²) in [6.45, 7) is 5.71. The van der Waals surface area contributed by atoms with Gasteiger partial charge in [-0.1, -0.05) is 32.0 Å². The van der Waals surface area contributed by atoms with E-state index < -0.39 is 6.10 Å². The Morgan fingerprint density at radius 2 is 2.10 bits per heavy atom. The van der Waals surface area contributed by atoms with Crippen molar-refractivity contribution in [3.63, 3.8) is 0 Å². The molecule has 1 aliphatic rings. The van der Waals surface area contributed by atoms with Gasteiger partial charge >= 0.3 is 0 Å². The van der Waals surface area contributed by atoms with Crippen LogP contribution in [0.1, 0.15) is 36.2 Å². The van der Waals surface area contributed by atoms with Crippen LogP contribution in [-0.2, 0) is 6.42 Å². The molecule has 1 atom stereocenters. The van der Waals surface area contributed by atoms with Crippen LogP contribution in [0, 0.1) is 0 Å². The van der Waals surface area contributed by atoms with Gasteiger partial charge in [0, 0.05) is 31.2 Å². The van der Waals surface area contributed by atoms with Crippen molar-refractivity contribution in [3.05, 3.63) is 35.4 Å². The van der Waals surface area contributed by atoms with E-state index >= 15 is 0 Å². The molecule has 0 fully saturated rings. The summed E-state index contributed by atoms with van der Waals surface area (Å²) < 4.78 is 0. The van der Waals surface area contributed by atoms with Crippen LogP contribution in [0.5, 0.6) is 0 Å². The molecule has 0 bridgehead atoms. The number of rotatable bonds is 5. The van der Waals surface area contributed by atoms with Crippen LogP contribution in [0.4, 0.5) is 0 Å². The quantitative estimate of drug-likeness (QED) is 0.855. The fourth-order valence-corrected chi connectivity index (χ4v) is 2.54. The van der Waals surface area contributed by atoms with E-state index in [1.54, 1.807) is 4.90 Å². The molecule has 20 heavy (non-hydrogen) atoms. The summed E-state index contributed by atoms with van der Waals surface area (Å²) in [4.78, 5) is 14.3. The molecule has 1 aromatic carbocycles. The minimum Gasteiger partial charge on any atom is -0.390 e. The minimum atomic E-state index is -0.522. The molecule has 1 heterocycles. The Morgan fingerprint density at radius 3 is 2.85 bits per heavy atom. The summed E-state index contributed by atoms with van der Waals surface area (Å²) in [6, 6.07) is 8.12. The first-order valence-electron chi connectivity index (χ1n) is 7.36. The van der Waals surface area contributed by atoms with Crippen LogP contribution in [-0.4, -0.2) is 47.7 Å². The number of aliphatic hydroxyl groups is 1. The van der Waals surface area contributed by atoms with Crippen LogP contribution in [0.15, 0.2) is 24.3 Å². The second kappa shape index (κ2) is 6.86. The van der Waals surface area contributed by atoms with Gasteiger partial charge in [0.1, 0.15) is 0 Å². The average Bonchev–Trinajstić information content (AvgIpc) is 2.58. The third-order valence-corrected chi connectivity index (χ3v) is 3.60. The first kappa shape index (κ1) is 15.0. The normalized spacial score (nSPS) is 17.0. The number of amides is 1. The number of hydrogen-bond acceptors (Lipinski definition) is 3. The summed E-state index contributed by atoms with van der Waals surface area (Å²) in [5.74, 6) is 0.0432. The van der Waals surface area contributed by atoms with Crippen LogP contribution in [0.25, 0.3) is 0 Å². The molecule has 1 aliphatic heterocycles. The highest BCUT2D eigenvalue weighted by molar-refractivity contribution is 5.96. The van der Waals surface area contributed by atoms with Crippen molar-refractivity contribution in [2.45, 2.75) is 38.8 Å². The lowest BCUT2D eigenvalue weighted by atomic mass is 10.0. The molecular weight excluding hydrogens is 252 g/mol. The third-order valence-electron chi connectivity index (χ3n) is 3.60. The predicted molar refractivity (Wildman–Crippen MR) is 79.8 cm³/mol. The second-order valence-electron chi connectivity index (χ2n) is 5.73. The van der Waals surface area contributed by atoms with Crippen molar-refractivity contribution < 1.29 is 9.90 Å². The van der Waals surface area contributed by atoms with Crippen LogP contribution < -0.4 is 5.32 Å². The predicted octanol–water partition coefficient (Wildman–Crippen LogP) is 1.43. The number of nitrogens with one attached hydrogen (secondary N) is 1. The van der Waals surface area contributed by atoms with Gasteiger partial charge in [0.25, 0.3) is 5.91 Å². The average molecular weight is 276 g/mol. The molecule has 0 aliphatic carbocycles. The number of nitrogens with zero attached hydrogens (tertiary/aromatic N) is 1. The van der Waals surface area contributed by atoms with Gasteiger partial charge in [0.15, 0.2) is 0 Å². The lowest BCUT2D eigenvalue weighted by molar-refractivity contribution is 0.0626. The maximum absolute atomic E-state index is 12.5. The van der Waals surface area contributed by atoms with E-state index in [1.807, 2.05) is 38.1 Å². The molecule has 110 valence electrons. The van der Waals surface area contributed by atoms with Gasteiger partial charge in [-0.3, -0.25) is 4.79 Å². The standard InChI is InChI=1S/C16H24N2O2/c1-12(2)17-10-14(19)11-18-9-5-7-13-6-3-4-8-15(13)16(18)20/h3-4,6,8,12,14,17,19H,5,7,9-11H2,1-2H3. The van der Waals surface area contributed by atoms with Gasteiger partial charge in [-0.25, -0.2) is 0 Å². The molecule has 4 heteroatoms. The minimum absolute atomic E-state index is 0.0432. The van der Waals surface area contributed by atoms with E-state index in [-0.39, 0.29) is 5.91 Å². The van der Waals surface area contributed by atoms with E-state index in [4.69, 9.17) is 0 Å². The Hall–Kier alpha value is -1.39. The number of hydrogen-bond donors (Lipinski definition) is 2. The van der Waals surface area contributed by atoms with Gasteiger partial charge in [0.2, 0.25) is 0 Å². The molecule has 0 radical (unpaired) electrons. The first-order valence-corrected chi connectivity index (χ1v) is 7.36.